The van der Waals surface area contributed by atoms with Gasteiger partial charge in [0.25, 0.3) is 0 Å². The lowest BCUT2D eigenvalue weighted by molar-refractivity contribution is 0.395. The monoisotopic (exact) mass is 378 g/mol. The Kier molecular flexibility index (Phi) is 6.32. The van der Waals surface area contributed by atoms with E-state index in [1.54, 1.807) is 14.2 Å². The fourth-order valence-corrected chi connectivity index (χ4v) is 2.68. The molecule has 0 amide bonds. The van der Waals surface area contributed by atoms with E-state index < -0.39 is 0 Å². The first-order valence-electron chi connectivity index (χ1n) is 9.26. The van der Waals surface area contributed by atoms with Crippen LogP contribution in [0, 0.1) is 5.92 Å². The van der Waals surface area contributed by atoms with Gasteiger partial charge in [-0.2, -0.15) is 4.98 Å². The maximum atomic E-state index is 5.48. The molecular weight excluding hydrogens is 352 g/mol. The van der Waals surface area contributed by atoms with Gasteiger partial charge in [0.15, 0.2) is 0 Å². The molecule has 1 aromatic heterocycles. The van der Waals surface area contributed by atoms with E-state index in [-0.39, 0.29) is 0 Å². The van der Waals surface area contributed by atoms with Crippen molar-refractivity contribution in [2.24, 2.45) is 5.92 Å². The van der Waals surface area contributed by atoms with Crippen LogP contribution in [0.4, 0.5) is 17.5 Å². The molecule has 2 N–H and O–H groups in total. The summed E-state index contributed by atoms with van der Waals surface area (Å²) in [5.74, 6) is 3.17. The molecule has 1 heterocycles. The predicted molar refractivity (Wildman–Crippen MR) is 114 cm³/mol. The number of methoxy groups -OCH3 is 2. The fraction of sp³-hybridized carbons (Fsp3) is 0.273. The average Bonchev–Trinajstić information content (AvgIpc) is 2.73. The molecule has 0 aliphatic carbocycles. The highest BCUT2D eigenvalue weighted by molar-refractivity contribution is 5.70. The number of hydrogen-bond acceptors (Lipinski definition) is 6. The van der Waals surface area contributed by atoms with Crippen LogP contribution in [-0.2, 0) is 0 Å². The van der Waals surface area contributed by atoms with E-state index in [9.17, 15) is 0 Å². The summed E-state index contributed by atoms with van der Waals surface area (Å²) in [5, 5.41) is 6.66. The summed E-state index contributed by atoms with van der Waals surface area (Å²) in [6.07, 6.45) is 0. The highest BCUT2D eigenvalue weighted by Crippen LogP contribution is 2.32. The predicted octanol–water partition coefficient (Wildman–Crippen LogP) is 4.97. The zero-order valence-corrected chi connectivity index (χ0v) is 16.7. The molecule has 0 saturated heterocycles. The third kappa shape index (κ3) is 4.91. The number of aromatic nitrogens is 2. The molecule has 0 atom stereocenters. The molecule has 0 unspecified atom stereocenters. The summed E-state index contributed by atoms with van der Waals surface area (Å²) in [4.78, 5) is 9.30. The van der Waals surface area contributed by atoms with E-state index in [4.69, 9.17) is 9.47 Å². The van der Waals surface area contributed by atoms with Crippen molar-refractivity contribution in [2.75, 3.05) is 31.4 Å². The third-order valence-corrected chi connectivity index (χ3v) is 4.14. The number of hydrogen-bond donors (Lipinski definition) is 2. The minimum absolute atomic E-state index is 0.488. The van der Waals surface area contributed by atoms with Crippen molar-refractivity contribution >= 4 is 17.5 Å². The van der Waals surface area contributed by atoms with Crippen LogP contribution in [0.1, 0.15) is 13.8 Å². The largest absolute Gasteiger partial charge is 0.497 e. The van der Waals surface area contributed by atoms with Crippen molar-refractivity contribution < 1.29 is 9.47 Å². The standard InChI is InChI=1S/C22H26N4O2/c1-15(2)14-23-22-25-19(16-8-6-5-7-9-16)13-21(26-22)24-18-11-10-17(27-3)12-20(18)28-4/h5-13,15H,14H2,1-4H3,(H2,23,24,25,26). The molecule has 6 heteroatoms. The van der Waals surface area contributed by atoms with Gasteiger partial charge in [-0.1, -0.05) is 44.2 Å². The van der Waals surface area contributed by atoms with Crippen molar-refractivity contribution in [3.05, 3.63) is 54.6 Å². The number of benzene rings is 2. The van der Waals surface area contributed by atoms with Gasteiger partial charge in [-0.15, -0.1) is 0 Å². The Morgan fingerprint density at radius 1 is 0.929 bits per heavy atom. The van der Waals surface area contributed by atoms with Gasteiger partial charge in [0, 0.05) is 24.2 Å². The number of nitrogens with one attached hydrogen (secondary N) is 2. The maximum Gasteiger partial charge on any atom is 0.225 e. The van der Waals surface area contributed by atoms with Gasteiger partial charge in [0.2, 0.25) is 5.95 Å². The van der Waals surface area contributed by atoms with Crippen LogP contribution >= 0.6 is 0 Å². The summed E-state index contributed by atoms with van der Waals surface area (Å²) < 4.78 is 10.8. The third-order valence-electron chi connectivity index (χ3n) is 4.14. The molecule has 28 heavy (non-hydrogen) atoms. The summed E-state index contributed by atoms with van der Waals surface area (Å²) >= 11 is 0. The summed E-state index contributed by atoms with van der Waals surface area (Å²) in [6.45, 7) is 5.09. The number of ether oxygens (including phenoxy) is 2. The van der Waals surface area contributed by atoms with E-state index in [1.165, 1.54) is 0 Å². The summed E-state index contributed by atoms with van der Waals surface area (Å²) in [7, 11) is 3.26. The second-order valence-electron chi connectivity index (χ2n) is 6.79. The van der Waals surface area contributed by atoms with Gasteiger partial charge in [0.1, 0.15) is 17.3 Å². The molecule has 0 aliphatic heterocycles. The molecule has 2 aromatic carbocycles. The molecule has 3 aromatic rings. The van der Waals surface area contributed by atoms with Crippen molar-refractivity contribution in [1.29, 1.82) is 0 Å². The number of anilines is 3. The zero-order valence-electron chi connectivity index (χ0n) is 16.7. The second-order valence-corrected chi connectivity index (χ2v) is 6.79. The molecule has 0 spiro atoms. The number of rotatable bonds is 8. The van der Waals surface area contributed by atoms with Gasteiger partial charge in [-0.05, 0) is 18.1 Å². The Bertz CT molecular complexity index is 914. The minimum Gasteiger partial charge on any atom is -0.497 e. The van der Waals surface area contributed by atoms with Crippen LogP contribution in [0.15, 0.2) is 54.6 Å². The second kappa shape index (κ2) is 9.08. The Labute approximate surface area is 166 Å². The molecule has 0 fully saturated rings. The van der Waals surface area contributed by atoms with Crippen molar-refractivity contribution in [2.45, 2.75) is 13.8 Å². The zero-order chi connectivity index (χ0) is 19.9. The normalized spacial score (nSPS) is 10.6. The first kappa shape index (κ1) is 19.5. The maximum absolute atomic E-state index is 5.48. The van der Waals surface area contributed by atoms with E-state index in [2.05, 4.69) is 34.4 Å². The molecule has 0 aliphatic rings. The Hall–Kier alpha value is -3.28. The number of nitrogens with zero attached hydrogens (tertiary/aromatic N) is 2. The molecule has 6 nitrogen and oxygen atoms in total. The Morgan fingerprint density at radius 3 is 2.39 bits per heavy atom. The van der Waals surface area contributed by atoms with E-state index in [0.29, 0.717) is 23.4 Å². The summed E-state index contributed by atoms with van der Waals surface area (Å²) in [6, 6.07) is 17.6. The quantitative estimate of drug-likeness (QED) is 0.577. The lowest BCUT2D eigenvalue weighted by Crippen LogP contribution is -2.11. The van der Waals surface area contributed by atoms with Crippen molar-refractivity contribution in [3.63, 3.8) is 0 Å². The molecule has 146 valence electrons. The van der Waals surface area contributed by atoms with Gasteiger partial charge in [-0.3, -0.25) is 0 Å². The van der Waals surface area contributed by atoms with Crippen LogP contribution in [-0.4, -0.2) is 30.7 Å². The van der Waals surface area contributed by atoms with Crippen LogP contribution < -0.4 is 20.1 Å². The molecule has 0 saturated carbocycles. The van der Waals surface area contributed by atoms with E-state index >= 15 is 0 Å². The highest BCUT2D eigenvalue weighted by atomic mass is 16.5. The molecule has 3 rings (SSSR count). The first-order valence-corrected chi connectivity index (χ1v) is 9.26. The molecule has 0 bridgehead atoms. The topological polar surface area (TPSA) is 68.3 Å². The average molecular weight is 378 g/mol. The molecular formula is C22H26N4O2. The van der Waals surface area contributed by atoms with Gasteiger partial charge in [0.05, 0.1) is 25.6 Å². The smallest absolute Gasteiger partial charge is 0.225 e. The SMILES string of the molecule is COc1ccc(Nc2cc(-c3ccccc3)nc(NCC(C)C)n2)c(OC)c1. The fourth-order valence-electron chi connectivity index (χ4n) is 2.68. The van der Waals surface area contributed by atoms with E-state index in [0.717, 1.165) is 29.2 Å². The van der Waals surface area contributed by atoms with Crippen LogP contribution in [0.5, 0.6) is 11.5 Å². The Balaban J connectivity index is 1.96. The van der Waals surface area contributed by atoms with Gasteiger partial charge in [-0.25, -0.2) is 4.98 Å². The lowest BCUT2D eigenvalue weighted by atomic mass is 10.1. The summed E-state index contributed by atoms with van der Waals surface area (Å²) in [5.41, 5.74) is 2.68. The van der Waals surface area contributed by atoms with Gasteiger partial charge >= 0.3 is 0 Å². The lowest BCUT2D eigenvalue weighted by Gasteiger charge is -2.15. The Morgan fingerprint density at radius 2 is 1.71 bits per heavy atom. The van der Waals surface area contributed by atoms with Crippen molar-refractivity contribution in [3.8, 4) is 22.8 Å². The van der Waals surface area contributed by atoms with Crippen LogP contribution in [0.3, 0.4) is 0 Å². The van der Waals surface area contributed by atoms with E-state index in [1.807, 2.05) is 54.6 Å². The van der Waals surface area contributed by atoms with Crippen LogP contribution in [0.25, 0.3) is 11.3 Å². The highest BCUT2D eigenvalue weighted by Gasteiger charge is 2.10. The van der Waals surface area contributed by atoms with Crippen molar-refractivity contribution in [1.82, 2.24) is 9.97 Å². The first-order chi connectivity index (χ1) is 13.6. The van der Waals surface area contributed by atoms with Crippen LogP contribution in [0.2, 0.25) is 0 Å². The van der Waals surface area contributed by atoms with Gasteiger partial charge < -0.3 is 20.1 Å². The molecule has 0 radical (unpaired) electrons. The minimum atomic E-state index is 0.488.